The summed E-state index contributed by atoms with van der Waals surface area (Å²) in [6.07, 6.45) is 1.74. The van der Waals surface area contributed by atoms with Gasteiger partial charge in [-0.05, 0) is 68.1 Å². The monoisotopic (exact) mass is 524 g/mol. The summed E-state index contributed by atoms with van der Waals surface area (Å²) >= 11 is 6.08. The number of ether oxygens (including phenoxy) is 1. The molecule has 0 saturated carbocycles. The van der Waals surface area contributed by atoms with Crippen LogP contribution in [0.15, 0.2) is 77.7 Å². The van der Waals surface area contributed by atoms with Crippen LogP contribution in [0.4, 0.5) is 0 Å². The van der Waals surface area contributed by atoms with Gasteiger partial charge in [-0.15, -0.1) is 0 Å². The van der Waals surface area contributed by atoms with E-state index in [-0.39, 0.29) is 11.3 Å². The fourth-order valence-electron chi connectivity index (χ4n) is 4.37. The molecule has 1 amide bonds. The molecule has 0 aliphatic rings. The molecule has 0 aliphatic heterocycles. The number of carbonyl (C=O) groups excluding carboxylic acids is 1. The number of benzene rings is 3. The van der Waals surface area contributed by atoms with Gasteiger partial charge >= 0.3 is 0 Å². The van der Waals surface area contributed by atoms with E-state index in [2.05, 4.69) is 9.29 Å². The van der Waals surface area contributed by atoms with Gasteiger partial charge in [0, 0.05) is 28.2 Å². The number of fused-ring (bicyclic) bond motifs is 1. The molecule has 4 rings (SSSR count). The zero-order valence-electron chi connectivity index (χ0n) is 20.3. The topological polar surface area (TPSA) is 77.4 Å². The molecule has 1 heterocycles. The summed E-state index contributed by atoms with van der Waals surface area (Å²) in [6, 6.07) is 22.2. The van der Waals surface area contributed by atoms with Crippen LogP contribution in [0.3, 0.4) is 0 Å². The minimum atomic E-state index is -4.04. The standard InChI is InChI=1S/C28H29ClN2O4S/c1-20-25(29)14-10-16-27(20)36(33,34)30-28(32)19-24-21(2)31(26-15-7-6-13-23(24)26)17-8-9-18-35-22-11-4-3-5-12-22/h3-7,10-16H,8-9,17-19H2,1-2H3,(H,30,32). The number of aromatic nitrogens is 1. The predicted octanol–water partition coefficient (Wildman–Crippen LogP) is 5.82. The van der Waals surface area contributed by atoms with Crippen molar-refractivity contribution in [3.05, 3.63) is 94.6 Å². The third kappa shape index (κ3) is 5.74. The molecule has 3 aromatic carbocycles. The molecular formula is C28H29ClN2O4S. The van der Waals surface area contributed by atoms with Crippen LogP contribution in [0.1, 0.15) is 29.7 Å². The minimum absolute atomic E-state index is 0.000205. The first-order chi connectivity index (χ1) is 17.3. The first-order valence-corrected chi connectivity index (χ1v) is 13.7. The molecule has 0 aliphatic carbocycles. The van der Waals surface area contributed by atoms with Gasteiger partial charge in [-0.25, -0.2) is 13.1 Å². The van der Waals surface area contributed by atoms with Crippen molar-refractivity contribution in [1.29, 1.82) is 0 Å². The van der Waals surface area contributed by atoms with Gasteiger partial charge in [0.25, 0.3) is 10.0 Å². The lowest BCUT2D eigenvalue weighted by atomic mass is 10.1. The highest BCUT2D eigenvalue weighted by Gasteiger charge is 2.23. The lowest BCUT2D eigenvalue weighted by Crippen LogP contribution is -2.32. The van der Waals surface area contributed by atoms with Crippen LogP contribution in [0.2, 0.25) is 5.02 Å². The van der Waals surface area contributed by atoms with E-state index in [0.717, 1.165) is 47.3 Å². The van der Waals surface area contributed by atoms with Crippen LogP contribution in [0.5, 0.6) is 5.75 Å². The molecule has 0 radical (unpaired) electrons. The summed E-state index contributed by atoms with van der Waals surface area (Å²) in [7, 11) is -4.04. The predicted molar refractivity (Wildman–Crippen MR) is 143 cm³/mol. The second-order valence-corrected chi connectivity index (χ2v) is 10.7. The second kappa shape index (κ2) is 11.2. The third-order valence-corrected chi connectivity index (χ3v) is 8.17. The van der Waals surface area contributed by atoms with Gasteiger partial charge in [0.05, 0.1) is 17.9 Å². The molecule has 36 heavy (non-hydrogen) atoms. The number of hydrogen-bond donors (Lipinski definition) is 1. The Hall–Kier alpha value is -3.29. The highest BCUT2D eigenvalue weighted by molar-refractivity contribution is 7.90. The Kier molecular flexibility index (Phi) is 8.01. The van der Waals surface area contributed by atoms with E-state index in [0.29, 0.717) is 17.2 Å². The average molecular weight is 525 g/mol. The van der Waals surface area contributed by atoms with E-state index < -0.39 is 15.9 Å². The fourth-order valence-corrected chi connectivity index (χ4v) is 5.86. The average Bonchev–Trinajstić information content (AvgIpc) is 3.11. The van der Waals surface area contributed by atoms with Gasteiger partial charge in [0.15, 0.2) is 0 Å². The number of hydrogen-bond acceptors (Lipinski definition) is 4. The Bertz CT molecular complexity index is 1480. The number of halogens is 1. The summed E-state index contributed by atoms with van der Waals surface area (Å²) < 4.78 is 35.9. The summed E-state index contributed by atoms with van der Waals surface area (Å²) in [6.45, 7) is 4.98. The van der Waals surface area contributed by atoms with E-state index in [4.69, 9.17) is 16.3 Å². The van der Waals surface area contributed by atoms with Gasteiger partial charge in [-0.1, -0.05) is 54.1 Å². The van der Waals surface area contributed by atoms with Gasteiger partial charge in [0.1, 0.15) is 5.75 Å². The Morgan fingerprint density at radius 3 is 2.44 bits per heavy atom. The minimum Gasteiger partial charge on any atom is -0.494 e. The zero-order valence-corrected chi connectivity index (χ0v) is 21.9. The Balaban J connectivity index is 1.46. The van der Waals surface area contributed by atoms with Crippen LogP contribution in [-0.4, -0.2) is 25.5 Å². The largest absolute Gasteiger partial charge is 0.494 e. The van der Waals surface area contributed by atoms with E-state index in [1.807, 2.05) is 61.5 Å². The van der Waals surface area contributed by atoms with Crippen molar-refractivity contribution in [2.75, 3.05) is 6.61 Å². The molecule has 1 aromatic heterocycles. The number of amides is 1. The number of sulfonamides is 1. The normalized spacial score (nSPS) is 11.5. The van der Waals surface area contributed by atoms with Crippen LogP contribution in [0, 0.1) is 13.8 Å². The highest BCUT2D eigenvalue weighted by Crippen LogP contribution is 2.28. The maximum atomic E-state index is 12.9. The van der Waals surface area contributed by atoms with Crippen LogP contribution >= 0.6 is 11.6 Å². The molecule has 0 bridgehead atoms. The molecular weight excluding hydrogens is 496 g/mol. The Morgan fingerprint density at radius 1 is 0.944 bits per heavy atom. The van der Waals surface area contributed by atoms with Gasteiger partial charge in [-0.3, -0.25) is 4.79 Å². The number of nitrogens with one attached hydrogen (secondary N) is 1. The molecule has 0 unspecified atom stereocenters. The van der Waals surface area contributed by atoms with E-state index in [1.165, 1.54) is 6.07 Å². The van der Waals surface area contributed by atoms with Crippen molar-refractivity contribution in [3.8, 4) is 5.75 Å². The molecule has 8 heteroatoms. The third-order valence-electron chi connectivity index (χ3n) is 6.24. The summed E-state index contributed by atoms with van der Waals surface area (Å²) in [5, 5.41) is 1.28. The van der Waals surface area contributed by atoms with Crippen molar-refractivity contribution >= 4 is 38.4 Å². The maximum Gasteiger partial charge on any atom is 0.264 e. The first-order valence-electron chi connectivity index (χ1n) is 11.8. The molecule has 0 fully saturated rings. The second-order valence-electron chi connectivity index (χ2n) is 8.67. The lowest BCUT2D eigenvalue weighted by molar-refractivity contribution is -0.118. The Morgan fingerprint density at radius 2 is 1.67 bits per heavy atom. The molecule has 0 spiro atoms. The Labute approximate surface area is 216 Å². The van der Waals surface area contributed by atoms with Gasteiger partial charge < -0.3 is 9.30 Å². The number of para-hydroxylation sites is 2. The number of aryl methyl sites for hydroxylation is 1. The van der Waals surface area contributed by atoms with E-state index in [1.54, 1.807) is 19.1 Å². The maximum absolute atomic E-state index is 12.9. The summed E-state index contributed by atoms with van der Waals surface area (Å²) in [5.41, 5.74) is 3.20. The molecule has 4 aromatic rings. The lowest BCUT2D eigenvalue weighted by Gasteiger charge is -2.11. The highest BCUT2D eigenvalue weighted by atomic mass is 35.5. The van der Waals surface area contributed by atoms with Crippen molar-refractivity contribution < 1.29 is 17.9 Å². The van der Waals surface area contributed by atoms with Crippen LogP contribution in [-0.2, 0) is 27.8 Å². The molecule has 1 N–H and O–H groups in total. The molecule has 6 nitrogen and oxygen atoms in total. The van der Waals surface area contributed by atoms with E-state index in [9.17, 15) is 13.2 Å². The van der Waals surface area contributed by atoms with Crippen molar-refractivity contribution in [2.45, 2.75) is 44.6 Å². The fraction of sp³-hybridized carbons (Fsp3) is 0.250. The molecule has 188 valence electrons. The van der Waals surface area contributed by atoms with Gasteiger partial charge in [-0.2, -0.15) is 0 Å². The van der Waals surface area contributed by atoms with Crippen molar-refractivity contribution in [2.24, 2.45) is 0 Å². The molecule has 0 atom stereocenters. The van der Waals surface area contributed by atoms with Crippen LogP contribution < -0.4 is 9.46 Å². The quantitative estimate of drug-likeness (QED) is 0.265. The summed E-state index contributed by atoms with van der Waals surface area (Å²) in [5.74, 6) is 0.271. The molecule has 0 saturated heterocycles. The summed E-state index contributed by atoms with van der Waals surface area (Å²) in [4.78, 5) is 12.9. The first kappa shape index (κ1) is 25.8. The smallest absolute Gasteiger partial charge is 0.264 e. The number of unbranched alkanes of at least 4 members (excludes halogenated alkanes) is 1. The SMILES string of the molecule is Cc1c(Cl)cccc1S(=O)(=O)NC(=O)Cc1c(C)n(CCCCOc2ccccc2)c2ccccc12. The number of nitrogens with zero attached hydrogens (tertiary/aromatic N) is 1. The van der Waals surface area contributed by atoms with Gasteiger partial charge in [0.2, 0.25) is 5.91 Å². The number of rotatable bonds is 10. The van der Waals surface area contributed by atoms with Crippen molar-refractivity contribution in [1.82, 2.24) is 9.29 Å². The zero-order chi connectivity index (χ0) is 25.7. The van der Waals surface area contributed by atoms with E-state index >= 15 is 0 Å². The number of carbonyl (C=O) groups is 1. The van der Waals surface area contributed by atoms with Crippen LogP contribution in [0.25, 0.3) is 10.9 Å². The van der Waals surface area contributed by atoms with Crippen molar-refractivity contribution in [3.63, 3.8) is 0 Å².